The molecule has 21 heavy (non-hydrogen) atoms. The molecular weight excluding hydrogens is 280 g/mol. The van der Waals surface area contributed by atoms with Crippen LogP contribution in [0, 0.1) is 5.92 Å². The number of carboxylic acids is 1. The van der Waals surface area contributed by atoms with Crippen LogP contribution < -0.4 is 4.74 Å². The van der Waals surface area contributed by atoms with Gasteiger partial charge in [-0.05, 0) is 31.2 Å². The van der Waals surface area contributed by atoms with E-state index < -0.39 is 18.5 Å². The van der Waals surface area contributed by atoms with Crippen LogP contribution in [-0.4, -0.2) is 35.7 Å². The van der Waals surface area contributed by atoms with E-state index in [0.717, 1.165) is 5.56 Å². The van der Waals surface area contributed by atoms with Gasteiger partial charge in [-0.3, -0.25) is 9.69 Å². The minimum absolute atomic E-state index is 0.00241. The molecule has 0 fully saturated rings. The van der Waals surface area contributed by atoms with Crippen molar-refractivity contribution in [1.82, 2.24) is 4.90 Å². The van der Waals surface area contributed by atoms with E-state index in [9.17, 15) is 13.6 Å². The van der Waals surface area contributed by atoms with Crippen molar-refractivity contribution in [3.63, 3.8) is 0 Å². The molecule has 0 amide bonds. The normalized spacial score (nSPS) is 14.2. The molecule has 2 unspecified atom stereocenters. The Labute approximate surface area is 123 Å². The Morgan fingerprint density at radius 2 is 1.86 bits per heavy atom. The summed E-state index contributed by atoms with van der Waals surface area (Å²) in [7, 11) is 0. The lowest BCUT2D eigenvalue weighted by molar-refractivity contribution is -0.141. The molecule has 0 aromatic heterocycles. The van der Waals surface area contributed by atoms with Crippen LogP contribution in [0.15, 0.2) is 24.3 Å². The fourth-order valence-electron chi connectivity index (χ4n) is 2.13. The van der Waals surface area contributed by atoms with Crippen LogP contribution in [-0.2, 0) is 4.79 Å². The Kier molecular flexibility index (Phi) is 6.55. The monoisotopic (exact) mass is 301 g/mol. The van der Waals surface area contributed by atoms with Crippen LogP contribution in [0.2, 0.25) is 0 Å². The van der Waals surface area contributed by atoms with E-state index in [4.69, 9.17) is 5.11 Å². The highest BCUT2D eigenvalue weighted by Crippen LogP contribution is 2.24. The lowest BCUT2D eigenvalue weighted by Gasteiger charge is -2.29. The number of benzene rings is 1. The molecule has 118 valence electrons. The third-order valence-electron chi connectivity index (χ3n) is 3.47. The van der Waals surface area contributed by atoms with Crippen LogP contribution >= 0.6 is 0 Å². The Morgan fingerprint density at radius 3 is 2.29 bits per heavy atom. The summed E-state index contributed by atoms with van der Waals surface area (Å²) in [5.74, 6) is -1.18. The Balaban J connectivity index is 2.75. The number of aliphatic carboxylic acids is 1. The number of carboxylic acid groups (broad SMARTS) is 1. The third kappa shape index (κ3) is 5.30. The molecule has 2 atom stereocenters. The van der Waals surface area contributed by atoms with Gasteiger partial charge in [0.1, 0.15) is 5.75 Å². The van der Waals surface area contributed by atoms with Gasteiger partial charge in [0.05, 0.1) is 5.92 Å². The summed E-state index contributed by atoms with van der Waals surface area (Å²) >= 11 is 0. The molecule has 0 saturated carbocycles. The number of nitrogens with zero attached hydrogens (tertiary/aromatic N) is 1. The second-order valence-electron chi connectivity index (χ2n) is 4.95. The van der Waals surface area contributed by atoms with E-state index in [1.807, 2.05) is 18.7 Å². The zero-order valence-electron chi connectivity index (χ0n) is 12.4. The van der Waals surface area contributed by atoms with Crippen LogP contribution in [0.5, 0.6) is 5.75 Å². The van der Waals surface area contributed by atoms with Gasteiger partial charge < -0.3 is 9.84 Å². The summed E-state index contributed by atoms with van der Waals surface area (Å²) in [5.41, 5.74) is 0.927. The summed E-state index contributed by atoms with van der Waals surface area (Å²) in [6, 6.07) is 6.42. The van der Waals surface area contributed by atoms with Crippen molar-refractivity contribution in [2.45, 2.75) is 33.4 Å². The van der Waals surface area contributed by atoms with Gasteiger partial charge >= 0.3 is 12.6 Å². The molecule has 0 bridgehead atoms. The molecule has 0 spiro atoms. The van der Waals surface area contributed by atoms with Crippen LogP contribution in [0.25, 0.3) is 0 Å². The predicted molar refractivity (Wildman–Crippen MR) is 75.5 cm³/mol. The number of rotatable bonds is 8. The molecule has 0 aliphatic carbocycles. The summed E-state index contributed by atoms with van der Waals surface area (Å²) < 4.78 is 28.5. The van der Waals surface area contributed by atoms with Gasteiger partial charge in [0, 0.05) is 12.6 Å². The molecule has 0 aliphatic heterocycles. The number of ether oxygens (including phenoxy) is 1. The average Bonchev–Trinajstić information content (AvgIpc) is 2.43. The molecule has 1 rings (SSSR count). The van der Waals surface area contributed by atoms with Crippen molar-refractivity contribution in [2.75, 3.05) is 13.1 Å². The molecule has 4 nitrogen and oxygen atoms in total. The Bertz CT molecular complexity index is 451. The van der Waals surface area contributed by atoms with Gasteiger partial charge in [-0.1, -0.05) is 26.0 Å². The van der Waals surface area contributed by atoms with Crippen molar-refractivity contribution in [3.8, 4) is 5.75 Å². The molecule has 0 heterocycles. The van der Waals surface area contributed by atoms with E-state index >= 15 is 0 Å². The third-order valence-corrected chi connectivity index (χ3v) is 3.47. The zero-order chi connectivity index (χ0) is 16.0. The Hall–Kier alpha value is -1.69. The smallest absolute Gasteiger partial charge is 0.387 e. The first kappa shape index (κ1) is 17.4. The minimum Gasteiger partial charge on any atom is -0.481 e. The number of carbonyl (C=O) groups is 1. The van der Waals surface area contributed by atoms with Crippen molar-refractivity contribution >= 4 is 5.97 Å². The SMILES string of the molecule is CCN(CC(C)C(=O)O)C(C)c1ccc(OC(F)F)cc1. The first-order valence-corrected chi connectivity index (χ1v) is 6.86. The van der Waals surface area contributed by atoms with Gasteiger partial charge in [0.25, 0.3) is 0 Å². The summed E-state index contributed by atoms with van der Waals surface area (Å²) in [6.45, 7) is 3.88. The molecule has 6 heteroatoms. The highest BCUT2D eigenvalue weighted by atomic mass is 19.3. The summed E-state index contributed by atoms with van der Waals surface area (Å²) in [5, 5.41) is 8.98. The lowest BCUT2D eigenvalue weighted by atomic mass is 10.0. The number of hydrogen-bond acceptors (Lipinski definition) is 3. The van der Waals surface area contributed by atoms with Crippen molar-refractivity contribution in [3.05, 3.63) is 29.8 Å². The zero-order valence-corrected chi connectivity index (χ0v) is 12.4. The second kappa shape index (κ2) is 7.93. The van der Waals surface area contributed by atoms with Crippen LogP contribution in [0.4, 0.5) is 8.78 Å². The largest absolute Gasteiger partial charge is 0.481 e. The average molecular weight is 301 g/mol. The standard InChI is InChI=1S/C15H21F2NO3/c1-4-18(9-10(2)14(19)20)11(3)12-5-7-13(8-6-12)21-15(16)17/h5-8,10-11,15H,4,9H2,1-3H3,(H,19,20). The molecule has 0 aliphatic rings. The first-order valence-electron chi connectivity index (χ1n) is 6.86. The van der Waals surface area contributed by atoms with Crippen molar-refractivity contribution in [2.24, 2.45) is 5.92 Å². The van der Waals surface area contributed by atoms with Gasteiger partial charge in [-0.15, -0.1) is 0 Å². The maximum atomic E-state index is 12.1. The number of hydrogen-bond donors (Lipinski definition) is 1. The van der Waals surface area contributed by atoms with E-state index in [0.29, 0.717) is 13.1 Å². The van der Waals surface area contributed by atoms with Gasteiger partial charge in [-0.25, -0.2) is 0 Å². The molecule has 1 N–H and O–H groups in total. The Morgan fingerprint density at radius 1 is 1.29 bits per heavy atom. The first-order chi connectivity index (χ1) is 9.85. The predicted octanol–water partition coefficient (Wildman–Crippen LogP) is 3.39. The van der Waals surface area contributed by atoms with E-state index in [1.54, 1.807) is 19.1 Å². The van der Waals surface area contributed by atoms with E-state index in [1.165, 1.54) is 12.1 Å². The maximum Gasteiger partial charge on any atom is 0.387 e. The summed E-state index contributed by atoms with van der Waals surface area (Å²) in [6.07, 6.45) is 0. The van der Waals surface area contributed by atoms with Gasteiger partial charge in [-0.2, -0.15) is 8.78 Å². The van der Waals surface area contributed by atoms with Crippen LogP contribution in [0.1, 0.15) is 32.4 Å². The number of alkyl halides is 2. The quantitative estimate of drug-likeness (QED) is 0.799. The molecule has 0 radical (unpaired) electrons. The van der Waals surface area contributed by atoms with Crippen LogP contribution in [0.3, 0.4) is 0 Å². The number of halogens is 2. The fourth-order valence-corrected chi connectivity index (χ4v) is 2.13. The lowest BCUT2D eigenvalue weighted by Crippen LogP contribution is -2.33. The topological polar surface area (TPSA) is 49.8 Å². The van der Waals surface area contributed by atoms with Gasteiger partial charge in [0.15, 0.2) is 0 Å². The molecular formula is C15H21F2NO3. The highest BCUT2D eigenvalue weighted by molar-refractivity contribution is 5.69. The minimum atomic E-state index is -2.84. The molecule has 0 saturated heterocycles. The van der Waals surface area contributed by atoms with Gasteiger partial charge in [0.2, 0.25) is 0 Å². The fraction of sp³-hybridized carbons (Fsp3) is 0.533. The second-order valence-corrected chi connectivity index (χ2v) is 4.95. The molecule has 1 aromatic rings. The summed E-state index contributed by atoms with van der Waals surface area (Å²) in [4.78, 5) is 13.0. The molecule has 1 aromatic carbocycles. The highest BCUT2D eigenvalue weighted by Gasteiger charge is 2.20. The van der Waals surface area contributed by atoms with E-state index in [2.05, 4.69) is 4.74 Å². The van der Waals surface area contributed by atoms with Crippen molar-refractivity contribution < 1.29 is 23.4 Å². The maximum absolute atomic E-state index is 12.1. The van der Waals surface area contributed by atoms with Crippen molar-refractivity contribution in [1.29, 1.82) is 0 Å². The van der Waals surface area contributed by atoms with E-state index in [-0.39, 0.29) is 11.8 Å².